The lowest BCUT2D eigenvalue weighted by Crippen LogP contribution is -2.44. The number of hydrogen-bond acceptors (Lipinski definition) is 3. The zero-order chi connectivity index (χ0) is 9.84. The number of nitrogens with two attached hydrogens (primary N) is 1. The highest BCUT2D eigenvalue weighted by Gasteiger charge is 2.27. The molecule has 5 heteroatoms. The Hall–Kier alpha value is -1.26. The standard InChI is InChI=1S/C8H14N2O3/c1-13-8(12)10-4-2-3-6(5-10)7(9)11/h6H,2-5H2,1H3,(H2,9,11). The van der Waals surface area contributed by atoms with E-state index in [2.05, 4.69) is 4.74 Å². The van der Waals surface area contributed by atoms with Crippen molar-refractivity contribution in [3.05, 3.63) is 0 Å². The van der Waals surface area contributed by atoms with Gasteiger partial charge in [0, 0.05) is 13.1 Å². The van der Waals surface area contributed by atoms with Crippen LogP contribution in [0.15, 0.2) is 0 Å². The summed E-state index contributed by atoms with van der Waals surface area (Å²) in [6.07, 6.45) is 1.19. The lowest BCUT2D eigenvalue weighted by atomic mass is 9.98. The molecule has 1 fully saturated rings. The Morgan fingerprint density at radius 2 is 2.23 bits per heavy atom. The molecule has 1 aliphatic heterocycles. The molecule has 0 aromatic carbocycles. The molecule has 5 nitrogen and oxygen atoms in total. The smallest absolute Gasteiger partial charge is 0.409 e. The molecule has 1 aliphatic rings. The lowest BCUT2D eigenvalue weighted by molar-refractivity contribution is -0.123. The van der Waals surface area contributed by atoms with Gasteiger partial charge in [-0.1, -0.05) is 0 Å². The molecule has 0 radical (unpaired) electrons. The summed E-state index contributed by atoms with van der Waals surface area (Å²) in [5, 5.41) is 0. The normalized spacial score (nSPS) is 22.5. The highest BCUT2D eigenvalue weighted by Crippen LogP contribution is 2.16. The van der Waals surface area contributed by atoms with E-state index in [9.17, 15) is 9.59 Å². The predicted molar refractivity (Wildman–Crippen MR) is 45.9 cm³/mol. The van der Waals surface area contributed by atoms with Crippen molar-refractivity contribution in [3.8, 4) is 0 Å². The Morgan fingerprint density at radius 3 is 2.77 bits per heavy atom. The first-order valence-corrected chi connectivity index (χ1v) is 4.27. The number of methoxy groups -OCH3 is 1. The van der Waals surface area contributed by atoms with Crippen LogP contribution < -0.4 is 5.73 Å². The molecular weight excluding hydrogens is 172 g/mol. The highest BCUT2D eigenvalue weighted by molar-refractivity contribution is 5.78. The highest BCUT2D eigenvalue weighted by atomic mass is 16.5. The summed E-state index contributed by atoms with van der Waals surface area (Å²) in [5.74, 6) is -0.554. The second-order valence-corrected chi connectivity index (χ2v) is 3.16. The average molecular weight is 186 g/mol. The summed E-state index contributed by atoms with van der Waals surface area (Å²) >= 11 is 0. The molecule has 1 rings (SSSR count). The van der Waals surface area contributed by atoms with E-state index in [-0.39, 0.29) is 17.9 Å². The summed E-state index contributed by atoms with van der Waals surface area (Å²) in [5.41, 5.74) is 5.15. The van der Waals surface area contributed by atoms with Crippen LogP contribution in [0.1, 0.15) is 12.8 Å². The molecule has 1 heterocycles. The zero-order valence-corrected chi connectivity index (χ0v) is 7.66. The van der Waals surface area contributed by atoms with Gasteiger partial charge < -0.3 is 15.4 Å². The minimum Gasteiger partial charge on any atom is -0.453 e. The van der Waals surface area contributed by atoms with Crippen molar-refractivity contribution in [2.75, 3.05) is 20.2 Å². The number of hydrogen-bond donors (Lipinski definition) is 1. The SMILES string of the molecule is COC(=O)N1CCCC(C(N)=O)C1. The third-order valence-electron chi connectivity index (χ3n) is 2.26. The third-order valence-corrected chi connectivity index (χ3v) is 2.26. The van der Waals surface area contributed by atoms with E-state index in [1.807, 2.05) is 0 Å². The fourth-order valence-corrected chi connectivity index (χ4v) is 1.50. The van der Waals surface area contributed by atoms with Crippen LogP contribution >= 0.6 is 0 Å². The first-order valence-electron chi connectivity index (χ1n) is 4.27. The van der Waals surface area contributed by atoms with Crippen molar-refractivity contribution in [1.29, 1.82) is 0 Å². The Kier molecular flexibility index (Phi) is 3.11. The molecule has 13 heavy (non-hydrogen) atoms. The average Bonchev–Trinajstić information content (AvgIpc) is 2.17. The lowest BCUT2D eigenvalue weighted by Gasteiger charge is -2.29. The molecule has 0 aliphatic carbocycles. The summed E-state index contributed by atoms with van der Waals surface area (Å²) in [7, 11) is 1.33. The monoisotopic (exact) mass is 186 g/mol. The Bertz CT molecular complexity index is 217. The van der Waals surface area contributed by atoms with Crippen LogP contribution in [0.5, 0.6) is 0 Å². The number of ether oxygens (including phenoxy) is 1. The Morgan fingerprint density at radius 1 is 1.54 bits per heavy atom. The quantitative estimate of drug-likeness (QED) is 0.624. The van der Waals surface area contributed by atoms with E-state index in [0.29, 0.717) is 13.1 Å². The van der Waals surface area contributed by atoms with Gasteiger partial charge >= 0.3 is 6.09 Å². The van der Waals surface area contributed by atoms with Crippen molar-refractivity contribution >= 4 is 12.0 Å². The van der Waals surface area contributed by atoms with Gasteiger partial charge in [-0.25, -0.2) is 4.79 Å². The summed E-state index contributed by atoms with van der Waals surface area (Å²) < 4.78 is 4.55. The van der Waals surface area contributed by atoms with Crippen LogP contribution in [-0.4, -0.2) is 37.1 Å². The molecule has 0 saturated carbocycles. The van der Waals surface area contributed by atoms with Gasteiger partial charge in [0.1, 0.15) is 0 Å². The molecule has 0 spiro atoms. The van der Waals surface area contributed by atoms with Gasteiger partial charge in [-0.2, -0.15) is 0 Å². The van der Waals surface area contributed by atoms with Crippen LogP contribution in [0, 0.1) is 5.92 Å². The van der Waals surface area contributed by atoms with Gasteiger partial charge in [0.2, 0.25) is 5.91 Å². The molecule has 1 atom stereocenters. The first kappa shape index (κ1) is 9.83. The molecule has 1 saturated heterocycles. The number of nitrogens with zero attached hydrogens (tertiary/aromatic N) is 1. The van der Waals surface area contributed by atoms with Crippen LogP contribution in [0.4, 0.5) is 4.79 Å². The number of carbonyl (C=O) groups is 2. The van der Waals surface area contributed by atoms with E-state index in [0.717, 1.165) is 12.8 Å². The van der Waals surface area contributed by atoms with E-state index < -0.39 is 0 Å². The largest absolute Gasteiger partial charge is 0.453 e. The van der Waals surface area contributed by atoms with Crippen molar-refractivity contribution in [2.24, 2.45) is 11.7 Å². The molecule has 1 unspecified atom stereocenters. The van der Waals surface area contributed by atoms with Crippen molar-refractivity contribution in [2.45, 2.75) is 12.8 Å². The van der Waals surface area contributed by atoms with Crippen LogP contribution in [-0.2, 0) is 9.53 Å². The number of carbonyl (C=O) groups excluding carboxylic acids is 2. The maximum Gasteiger partial charge on any atom is 0.409 e. The minimum absolute atomic E-state index is 0.215. The van der Waals surface area contributed by atoms with E-state index in [1.165, 1.54) is 12.0 Å². The molecule has 2 amide bonds. The summed E-state index contributed by atoms with van der Waals surface area (Å²) in [4.78, 5) is 23.5. The maximum absolute atomic E-state index is 11.1. The van der Waals surface area contributed by atoms with Gasteiger partial charge in [-0.15, -0.1) is 0 Å². The van der Waals surface area contributed by atoms with E-state index >= 15 is 0 Å². The van der Waals surface area contributed by atoms with Crippen LogP contribution in [0.3, 0.4) is 0 Å². The summed E-state index contributed by atoms with van der Waals surface area (Å²) in [6, 6.07) is 0. The molecule has 74 valence electrons. The number of amides is 2. The molecular formula is C8H14N2O3. The second kappa shape index (κ2) is 4.11. The minimum atomic E-state index is -0.383. The molecule has 0 aromatic heterocycles. The molecule has 0 bridgehead atoms. The van der Waals surface area contributed by atoms with Crippen molar-refractivity contribution in [3.63, 3.8) is 0 Å². The Labute approximate surface area is 76.8 Å². The number of likely N-dealkylation sites (tertiary alicyclic amines) is 1. The van der Waals surface area contributed by atoms with E-state index in [4.69, 9.17) is 5.73 Å². The summed E-state index contributed by atoms with van der Waals surface area (Å²) in [6.45, 7) is 1.04. The van der Waals surface area contributed by atoms with Gasteiger partial charge in [-0.05, 0) is 12.8 Å². The van der Waals surface area contributed by atoms with Crippen molar-refractivity contribution in [1.82, 2.24) is 4.90 Å². The van der Waals surface area contributed by atoms with Crippen LogP contribution in [0.25, 0.3) is 0 Å². The fourth-order valence-electron chi connectivity index (χ4n) is 1.50. The fraction of sp³-hybridized carbons (Fsp3) is 0.750. The first-order chi connectivity index (χ1) is 6.15. The topological polar surface area (TPSA) is 72.6 Å². The number of primary amides is 1. The van der Waals surface area contributed by atoms with Crippen LogP contribution in [0.2, 0.25) is 0 Å². The van der Waals surface area contributed by atoms with Crippen molar-refractivity contribution < 1.29 is 14.3 Å². The zero-order valence-electron chi connectivity index (χ0n) is 7.66. The Balaban J connectivity index is 2.51. The third kappa shape index (κ3) is 2.34. The van der Waals surface area contributed by atoms with E-state index in [1.54, 1.807) is 0 Å². The predicted octanol–water partition coefficient (Wildman–Crippen LogP) is -0.0499. The molecule has 2 N–H and O–H groups in total. The van der Waals surface area contributed by atoms with Gasteiger partial charge in [0.15, 0.2) is 0 Å². The number of rotatable bonds is 1. The number of piperidine rings is 1. The molecule has 0 aromatic rings. The van der Waals surface area contributed by atoms with Gasteiger partial charge in [0.25, 0.3) is 0 Å². The second-order valence-electron chi connectivity index (χ2n) is 3.16. The van der Waals surface area contributed by atoms with Gasteiger partial charge in [-0.3, -0.25) is 4.79 Å². The van der Waals surface area contributed by atoms with Gasteiger partial charge in [0.05, 0.1) is 13.0 Å². The maximum atomic E-state index is 11.1.